The molecule has 9 heteroatoms. The molecule has 1 heterocycles. The third-order valence-corrected chi connectivity index (χ3v) is 9.39. The quantitative estimate of drug-likeness (QED) is 0.0282. The molecule has 1 fully saturated rings. The molecule has 0 aliphatic carbocycles. The summed E-state index contributed by atoms with van der Waals surface area (Å²) >= 11 is 0. The topological polar surface area (TPSA) is 135 Å². The van der Waals surface area contributed by atoms with Crippen LogP contribution in [0.3, 0.4) is 0 Å². The average molecular weight is 775 g/mol. The fraction of sp³-hybridized carbons (Fsp3) is 0.717. The van der Waals surface area contributed by atoms with Crippen molar-refractivity contribution in [2.24, 2.45) is 0 Å². The Morgan fingerprint density at radius 2 is 1.11 bits per heavy atom. The third kappa shape index (κ3) is 28.6. The first-order valence-electron chi connectivity index (χ1n) is 21.5. The van der Waals surface area contributed by atoms with Crippen LogP contribution < -0.4 is 0 Å². The first-order valence-corrected chi connectivity index (χ1v) is 21.5. The van der Waals surface area contributed by atoms with Gasteiger partial charge in [-0.25, -0.2) is 0 Å². The molecule has 0 amide bonds. The molecule has 1 aliphatic heterocycles. The van der Waals surface area contributed by atoms with E-state index in [4.69, 9.17) is 18.9 Å². The number of ether oxygens (including phenoxy) is 4. The van der Waals surface area contributed by atoms with Gasteiger partial charge in [-0.1, -0.05) is 151 Å². The molecule has 6 atom stereocenters. The number of rotatable bonds is 35. The molecular formula is C46H78O9. The van der Waals surface area contributed by atoms with E-state index in [1.807, 2.05) is 0 Å². The van der Waals surface area contributed by atoms with Crippen LogP contribution >= 0.6 is 0 Å². The Morgan fingerprint density at radius 1 is 0.600 bits per heavy atom. The van der Waals surface area contributed by atoms with Crippen molar-refractivity contribution in [2.45, 2.75) is 185 Å². The number of esters is 1. The van der Waals surface area contributed by atoms with Gasteiger partial charge in [0.05, 0.1) is 19.8 Å². The highest BCUT2D eigenvalue weighted by Gasteiger charge is 2.44. The predicted molar refractivity (Wildman–Crippen MR) is 224 cm³/mol. The van der Waals surface area contributed by atoms with Crippen molar-refractivity contribution in [3.63, 3.8) is 0 Å². The number of unbranched alkanes of at least 4 members (excludes halogenated alkanes) is 12. The van der Waals surface area contributed by atoms with Gasteiger partial charge < -0.3 is 39.4 Å². The lowest BCUT2D eigenvalue weighted by Crippen LogP contribution is -2.59. The smallest absolute Gasteiger partial charge is 0.306 e. The molecule has 1 rings (SSSR count). The highest BCUT2D eigenvalue weighted by atomic mass is 16.7. The minimum atomic E-state index is -1.55. The molecule has 0 spiro atoms. The van der Waals surface area contributed by atoms with Crippen LogP contribution in [0.2, 0.25) is 0 Å². The van der Waals surface area contributed by atoms with E-state index in [9.17, 15) is 25.2 Å². The van der Waals surface area contributed by atoms with Crippen LogP contribution in [0.5, 0.6) is 0 Å². The molecule has 316 valence electrons. The highest BCUT2D eigenvalue weighted by molar-refractivity contribution is 5.69. The molecular weight excluding hydrogens is 696 g/mol. The summed E-state index contributed by atoms with van der Waals surface area (Å²) in [4.78, 5) is 12.7. The van der Waals surface area contributed by atoms with E-state index in [0.717, 1.165) is 64.2 Å². The van der Waals surface area contributed by atoms with Gasteiger partial charge in [0.15, 0.2) is 6.29 Å². The Balaban J connectivity index is 2.32. The molecule has 55 heavy (non-hydrogen) atoms. The Kier molecular flexibility index (Phi) is 34.3. The highest BCUT2D eigenvalue weighted by Crippen LogP contribution is 2.22. The number of hydrogen-bond donors (Lipinski definition) is 4. The van der Waals surface area contributed by atoms with Crippen molar-refractivity contribution < 1.29 is 44.2 Å². The molecule has 0 aromatic carbocycles. The summed E-state index contributed by atoms with van der Waals surface area (Å²) in [6.07, 6.45) is 40.7. The Bertz CT molecular complexity index is 1060. The summed E-state index contributed by atoms with van der Waals surface area (Å²) in [5.74, 6) is -0.358. The zero-order valence-electron chi connectivity index (χ0n) is 34.4. The van der Waals surface area contributed by atoms with Crippen molar-refractivity contribution in [1.82, 2.24) is 0 Å². The van der Waals surface area contributed by atoms with Crippen LogP contribution in [0.1, 0.15) is 149 Å². The second-order valence-corrected chi connectivity index (χ2v) is 14.4. The Morgan fingerprint density at radius 3 is 1.64 bits per heavy atom. The first-order chi connectivity index (χ1) is 26.9. The van der Waals surface area contributed by atoms with Crippen molar-refractivity contribution in [2.75, 3.05) is 26.4 Å². The first kappa shape index (κ1) is 50.6. The van der Waals surface area contributed by atoms with Gasteiger partial charge in [-0.05, 0) is 64.2 Å². The number of hydrogen-bond acceptors (Lipinski definition) is 9. The van der Waals surface area contributed by atoms with Gasteiger partial charge >= 0.3 is 5.97 Å². The van der Waals surface area contributed by atoms with Gasteiger partial charge in [0.2, 0.25) is 0 Å². The second-order valence-electron chi connectivity index (χ2n) is 14.4. The number of allylic oxidation sites excluding steroid dienone is 12. The van der Waals surface area contributed by atoms with Gasteiger partial charge in [-0.2, -0.15) is 0 Å². The summed E-state index contributed by atoms with van der Waals surface area (Å²) in [6, 6.07) is 0. The molecule has 9 nitrogen and oxygen atoms in total. The minimum absolute atomic E-state index is 0.124. The lowest BCUT2D eigenvalue weighted by atomic mass is 9.99. The molecule has 6 unspecified atom stereocenters. The van der Waals surface area contributed by atoms with E-state index >= 15 is 0 Å². The van der Waals surface area contributed by atoms with Gasteiger partial charge in [-0.15, -0.1) is 0 Å². The van der Waals surface area contributed by atoms with Crippen molar-refractivity contribution in [1.29, 1.82) is 0 Å². The van der Waals surface area contributed by atoms with E-state index < -0.39 is 43.4 Å². The third-order valence-electron chi connectivity index (χ3n) is 9.39. The zero-order chi connectivity index (χ0) is 40.0. The number of carbonyl (C=O) groups excluding carboxylic acids is 1. The van der Waals surface area contributed by atoms with Gasteiger partial charge in [0.25, 0.3) is 0 Å². The lowest BCUT2D eigenvalue weighted by Gasteiger charge is -2.39. The summed E-state index contributed by atoms with van der Waals surface area (Å²) in [6.45, 7) is 4.37. The van der Waals surface area contributed by atoms with Crippen LogP contribution in [0.4, 0.5) is 0 Å². The van der Waals surface area contributed by atoms with Crippen LogP contribution in [0.25, 0.3) is 0 Å². The predicted octanol–water partition coefficient (Wildman–Crippen LogP) is 9.30. The van der Waals surface area contributed by atoms with Crippen LogP contribution in [0.15, 0.2) is 72.9 Å². The van der Waals surface area contributed by atoms with Gasteiger partial charge in [0, 0.05) is 13.0 Å². The fourth-order valence-corrected chi connectivity index (χ4v) is 6.02. The maximum Gasteiger partial charge on any atom is 0.306 e. The zero-order valence-corrected chi connectivity index (χ0v) is 34.4. The standard InChI is InChI=1S/C46H78O9/c1-3-5-7-9-11-13-15-16-17-18-19-20-21-22-23-24-25-27-29-31-33-35-42(48)54-40(39-53-46-45(51)44(50)43(49)41(37-47)55-46)38-52-36-34-32-30-28-26-14-12-10-8-6-4-2/h5,7,11,13,16-17,19-20,22-23,25,27,40-41,43-47,49-51H,3-4,6,8-10,12,14-15,18,21,24,26,28-39H2,1-2H3/b7-5-,13-11-,17-16-,20-19-,23-22-,27-25-. The SMILES string of the molecule is CC/C=C\C/C=C\C/C=C\C/C=C\C/C=C\C/C=C\CCCCC(=O)OC(COCCCCCCCCCCCCC)COC1OC(CO)C(O)C(O)C1O. The molecule has 1 aliphatic rings. The Labute approximate surface area is 334 Å². The van der Waals surface area contributed by atoms with E-state index in [0.29, 0.717) is 13.0 Å². The monoisotopic (exact) mass is 775 g/mol. The van der Waals surface area contributed by atoms with Gasteiger partial charge in [0.1, 0.15) is 30.5 Å². The molecule has 4 N–H and O–H groups in total. The Hall–Kier alpha value is -2.37. The van der Waals surface area contributed by atoms with Crippen molar-refractivity contribution in [3.05, 3.63) is 72.9 Å². The van der Waals surface area contributed by atoms with E-state index in [1.54, 1.807) is 0 Å². The normalized spacial score (nSPS) is 21.5. The largest absolute Gasteiger partial charge is 0.457 e. The summed E-state index contributed by atoms with van der Waals surface area (Å²) in [7, 11) is 0. The number of aliphatic hydroxyl groups is 4. The van der Waals surface area contributed by atoms with Crippen LogP contribution in [0, 0.1) is 0 Å². The number of carbonyl (C=O) groups is 1. The van der Waals surface area contributed by atoms with Crippen molar-refractivity contribution >= 4 is 5.97 Å². The molecule has 0 bridgehead atoms. The fourth-order valence-electron chi connectivity index (χ4n) is 6.02. The van der Waals surface area contributed by atoms with E-state index in [2.05, 4.69) is 86.8 Å². The average Bonchev–Trinajstić information content (AvgIpc) is 3.18. The summed E-state index contributed by atoms with van der Waals surface area (Å²) in [5, 5.41) is 40.0. The van der Waals surface area contributed by atoms with Crippen molar-refractivity contribution in [3.8, 4) is 0 Å². The molecule has 1 saturated heterocycles. The minimum Gasteiger partial charge on any atom is -0.457 e. The van der Waals surface area contributed by atoms with E-state index in [-0.39, 0.29) is 25.6 Å². The maximum atomic E-state index is 12.7. The number of aliphatic hydroxyl groups excluding tert-OH is 4. The van der Waals surface area contributed by atoms with Crippen LogP contribution in [-0.2, 0) is 23.7 Å². The molecule has 0 radical (unpaired) electrons. The second kappa shape index (κ2) is 37.2. The van der Waals surface area contributed by atoms with Crippen LogP contribution in [-0.4, -0.2) is 89.6 Å². The molecule has 0 saturated carbocycles. The lowest BCUT2D eigenvalue weighted by molar-refractivity contribution is -0.305. The molecule has 0 aromatic rings. The summed E-state index contributed by atoms with van der Waals surface area (Å²) in [5.41, 5.74) is 0. The van der Waals surface area contributed by atoms with Gasteiger partial charge in [-0.3, -0.25) is 4.79 Å². The molecule has 0 aromatic heterocycles. The van der Waals surface area contributed by atoms with E-state index in [1.165, 1.54) is 57.8 Å². The summed E-state index contributed by atoms with van der Waals surface area (Å²) < 4.78 is 22.7. The maximum absolute atomic E-state index is 12.7.